The molecule has 322 valence electrons. The smallest absolute Gasteiger partial charge is 0.333 e. The minimum absolute atomic E-state index is 0.274. The van der Waals surface area contributed by atoms with E-state index in [1.54, 1.807) is 20.8 Å². The van der Waals surface area contributed by atoms with E-state index < -0.39 is 0 Å². The maximum atomic E-state index is 11.0. The molecule has 0 aliphatic rings. The Labute approximate surface area is 336 Å². The number of carbonyl (C=O) groups excluding carboxylic acids is 4. The monoisotopic (exact) mass is 783 g/mol. The summed E-state index contributed by atoms with van der Waals surface area (Å²) < 4.78 is 19.7. The highest BCUT2D eigenvalue weighted by Crippen LogP contribution is 2.02. The van der Waals surface area contributed by atoms with E-state index in [1.807, 2.05) is 28.2 Å². The van der Waals surface area contributed by atoms with E-state index in [0.717, 1.165) is 97.1 Å². The van der Waals surface area contributed by atoms with Crippen molar-refractivity contribution in [3.63, 3.8) is 0 Å². The SMILES string of the molecule is C=C(C)C(=O)OCCCCCN(C)C.C=C(C)C(=O)OCCCCCN(CC)CC.C=C(C)C(=O)OCCCCN(C)C.C=CC(=O)OCCCCN(C)C. The van der Waals surface area contributed by atoms with Crippen LogP contribution < -0.4 is 0 Å². The van der Waals surface area contributed by atoms with Gasteiger partial charge in [0.25, 0.3) is 0 Å². The van der Waals surface area contributed by atoms with E-state index in [-0.39, 0.29) is 23.9 Å². The average molecular weight is 783 g/mol. The molecule has 0 rings (SSSR count). The van der Waals surface area contributed by atoms with Crippen LogP contribution in [-0.4, -0.2) is 151 Å². The highest BCUT2D eigenvalue weighted by Gasteiger charge is 2.04. The van der Waals surface area contributed by atoms with E-state index in [0.29, 0.717) is 43.1 Å². The Morgan fingerprint density at radius 2 is 0.727 bits per heavy atom. The lowest BCUT2D eigenvalue weighted by molar-refractivity contribution is -0.139. The van der Waals surface area contributed by atoms with Gasteiger partial charge in [-0.25, -0.2) is 19.2 Å². The van der Waals surface area contributed by atoms with Gasteiger partial charge in [0, 0.05) is 22.8 Å². The normalized spacial score (nSPS) is 10.2. The van der Waals surface area contributed by atoms with Crippen molar-refractivity contribution >= 4 is 23.9 Å². The molecule has 0 aromatic rings. The molecule has 0 aromatic carbocycles. The van der Waals surface area contributed by atoms with Gasteiger partial charge in [0.15, 0.2) is 0 Å². The molecular formula is C43H82N4O8. The summed E-state index contributed by atoms with van der Waals surface area (Å²) in [6.45, 7) is 31.7. The van der Waals surface area contributed by atoms with Gasteiger partial charge >= 0.3 is 23.9 Å². The summed E-state index contributed by atoms with van der Waals surface area (Å²) in [4.78, 5) is 52.2. The highest BCUT2D eigenvalue weighted by molar-refractivity contribution is 5.87. The molecule has 0 bridgehead atoms. The predicted octanol–water partition coefficient (Wildman–Crippen LogP) is 6.96. The van der Waals surface area contributed by atoms with Crippen LogP contribution in [0.15, 0.2) is 49.1 Å². The van der Waals surface area contributed by atoms with E-state index in [2.05, 4.69) is 73.9 Å². The van der Waals surface area contributed by atoms with E-state index >= 15 is 0 Å². The number of esters is 4. The second kappa shape index (κ2) is 41.8. The molecule has 0 aromatic heterocycles. The number of carbonyl (C=O) groups is 4. The molecule has 0 atom stereocenters. The lowest BCUT2D eigenvalue weighted by Gasteiger charge is -2.17. The zero-order valence-corrected chi connectivity index (χ0v) is 37.1. The van der Waals surface area contributed by atoms with Crippen molar-refractivity contribution in [2.75, 3.05) is 108 Å². The summed E-state index contributed by atoms with van der Waals surface area (Å²) in [7, 11) is 12.2. The Morgan fingerprint density at radius 1 is 0.455 bits per heavy atom. The van der Waals surface area contributed by atoms with Gasteiger partial charge in [-0.05, 0) is 167 Å². The fraction of sp³-hybridized carbons (Fsp3) is 0.721. The summed E-state index contributed by atoms with van der Waals surface area (Å²) in [6, 6.07) is 0. The Kier molecular flexibility index (Phi) is 44.4. The minimum Gasteiger partial charge on any atom is -0.463 e. The lowest BCUT2D eigenvalue weighted by Crippen LogP contribution is -2.23. The van der Waals surface area contributed by atoms with Gasteiger partial charge in [0.05, 0.1) is 26.4 Å². The predicted molar refractivity (Wildman–Crippen MR) is 228 cm³/mol. The first-order valence-corrected chi connectivity index (χ1v) is 19.8. The van der Waals surface area contributed by atoms with Crippen LogP contribution >= 0.6 is 0 Å². The van der Waals surface area contributed by atoms with Gasteiger partial charge in [-0.1, -0.05) is 40.2 Å². The Morgan fingerprint density at radius 3 is 1.00 bits per heavy atom. The van der Waals surface area contributed by atoms with Crippen LogP contribution in [0.25, 0.3) is 0 Å². The quantitative estimate of drug-likeness (QED) is 0.0354. The maximum absolute atomic E-state index is 11.0. The molecule has 0 saturated heterocycles. The molecule has 0 radical (unpaired) electrons. The molecule has 12 heteroatoms. The van der Waals surface area contributed by atoms with Gasteiger partial charge in [0.2, 0.25) is 0 Å². The van der Waals surface area contributed by atoms with Crippen molar-refractivity contribution in [1.82, 2.24) is 19.6 Å². The van der Waals surface area contributed by atoms with Crippen LogP contribution in [0, 0.1) is 0 Å². The summed E-state index contributed by atoms with van der Waals surface area (Å²) >= 11 is 0. The molecule has 0 aliphatic carbocycles. The number of unbranched alkanes of at least 4 members (excludes halogenated alkanes) is 6. The van der Waals surface area contributed by atoms with E-state index in [1.165, 1.54) is 12.5 Å². The highest BCUT2D eigenvalue weighted by atomic mass is 16.5. The van der Waals surface area contributed by atoms with Gasteiger partial charge in [-0.3, -0.25) is 0 Å². The fourth-order valence-corrected chi connectivity index (χ4v) is 4.02. The zero-order valence-electron chi connectivity index (χ0n) is 37.1. The van der Waals surface area contributed by atoms with Crippen molar-refractivity contribution in [3.05, 3.63) is 49.1 Å². The van der Waals surface area contributed by atoms with Crippen molar-refractivity contribution in [2.45, 2.75) is 98.8 Å². The first kappa shape index (κ1) is 58.4. The molecule has 0 aliphatic heterocycles. The second-order valence-corrected chi connectivity index (χ2v) is 14.1. The van der Waals surface area contributed by atoms with Gasteiger partial charge in [-0.2, -0.15) is 0 Å². The van der Waals surface area contributed by atoms with Crippen LogP contribution in [0.3, 0.4) is 0 Å². The molecule has 0 N–H and O–H groups in total. The van der Waals surface area contributed by atoms with Crippen molar-refractivity contribution in [2.24, 2.45) is 0 Å². The number of nitrogens with zero attached hydrogens (tertiary/aromatic N) is 4. The first-order chi connectivity index (χ1) is 25.8. The number of hydrogen-bond acceptors (Lipinski definition) is 12. The van der Waals surface area contributed by atoms with Crippen LogP contribution in [0.2, 0.25) is 0 Å². The molecule has 0 fully saturated rings. The van der Waals surface area contributed by atoms with Crippen molar-refractivity contribution in [3.8, 4) is 0 Å². The summed E-state index contributed by atoms with van der Waals surface area (Å²) in [6.07, 6.45) is 11.5. The third-order valence-electron chi connectivity index (χ3n) is 7.42. The summed E-state index contributed by atoms with van der Waals surface area (Å²) in [5.74, 6) is -1.17. The van der Waals surface area contributed by atoms with Crippen LogP contribution in [0.1, 0.15) is 98.8 Å². The van der Waals surface area contributed by atoms with Crippen LogP contribution in [0.4, 0.5) is 0 Å². The molecule has 12 nitrogen and oxygen atoms in total. The molecule has 0 saturated carbocycles. The van der Waals surface area contributed by atoms with Crippen molar-refractivity contribution < 1.29 is 38.1 Å². The number of rotatable bonds is 28. The maximum Gasteiger partial charge on any atom is 0.333 e. The largest absolute Gasteiger partial charge is 0.463 e. The van der Waals surface area contributed by atoms with Crippen LogP contribution in [-0.2, 0) is 38.1 Å². The third kappa shape index (κ3) is 50.7. The Hall–Kier alpha value is -3.32. The second-order valence-electron chi connectivity index (χ2n) is 14.1. The Balaban J connectivity index is -0.000000317. The van der Waals surface area contributed by atoms with Crippen LogP contribution in [0.5, 0.6) is 0 Å². The van der Waals surface area contributed by atoms with Gasteiger partial charge in [0.1, 0.15) is 0 Å². The standard InChI is InChI=1S/C13H25NO2.C11H21NO2.C10H19NO2.C9H17NO2/c1-5-14(6-2)10-8-7-9-11-16-13(15)12(3)4;1-10(2)11(13)14-9-7-5-6-8-12(3)4;1-9(2)10(12)13-8-6-5-7-11(3)4;1-4-9(11)12-8-6-5-7-10(2)3/h3,5-11H2,1-2,4H3;1,5-9H2,2-4H3;1,5-8H2,2-4H3;4H,1,5-8H2,2-3H3. The minimum atomic E-state index is -0.333. The molecular weight excluding hydrogens is 700 g/mol. The topological polar surface area (TPSA) is 118 Å². The molecule has 0 unspecified atom stereocenters. The third-order valence-corrected chi connectivity index (χ3v) is 7.42. The van der Waals surface area contributed by atoms with Gasteiger partial charge in [-0.15, -0.1) is 0 Å². The molecule has 0 spiro atoms. The Bertz CT molecular complexity index is 1040. The van der Waals surface area contributed by atoms with E-state index in [4.69, 9.17) is 18.9 Å². The first-order valence-electron chi connectivity index (χ1n) is 19.8. The number of hydrogen-bond donors (Lipinski definition) is 0. The molecule has 0 heterocycles. The van der Waals surface area contributed by atoms with Gasteiger partial charge < -0.3 is 38.5 Å². The summed E-state index contributed by atoms with van der Waals surface area (Å²) in [5, 5.41) is 0. The summed E-state index contributed by atoms with van der Waals surface area (Å²) in [5.41, 5.74) is 1.41. The van der Waals surface area contributed by atoms with E-state index in [9.17, 15) is 19.2 Å². The average Bonchev–Trinajstić information content (AvgIpc) is 3.12. The van der Waals surface area contributed by atoms with Crippen molar-refractivity contribution in [1.29, 1.82) is 0 Å². The molecule has 0 amide bonds. The zero-order chi connectivity index (χ0) is 43.0. The fourth-order valence-electron chi connectivity index (χ4n) is 4.02. The lowest BCUT2D eigenvalue weighted by atomic mass is 10.2. The number of ether oxygens (including phenoxy) is 4. The molecule has 55 heavy (non-hydrogen) atoms.